The summed E-state index contributed by atoms with van der Waals surface area (Å²) in [6, 6.07) is 0. The third-order valence-corrected chi connectivity index (χ3v) is 6.84. The molecule has 0 radical (unpaired) electrons. The lowest BCUT2D eigenvalue weighted by atomic mass is 10.0. The molecule has 6 N–H and O–H groups in total. The van der Waals surface area contributed by atoms with Crippen molar-refractivity contribution < 1.29 is 43.2 Å². The van der Waals surface area contributed by atoms with Crippen LogP contribution in [0.25, 0.3) is 0 Å². The Morgan fingerprint density at radius 3 is 1.68 bits per heavy atom. The number of phosphoric ester groups is 1. The summed E-state index contributed by atoms with van der Waals surface area (Å²) in [5.41, 5.74) is -1.18. The van der Waals surface area contributed by atoms with E-state index in [0.29, 0.717) is 32.1 Å². The third-order valence-electron chi connectivity index (χ3n) is 5.58. The van der Waals surface area contributed by atoms with Gasteiger partial charge >= 0.3 is 16.0 Å². The molecule has 2 fully saturated rings. The van der Waals surface area contributed by atoms with Crippen molar-refractivity contribution in [2.75, 3.05) is 0 Å². The molecule has 166 valence electrons. The third kappa shape index (κ3) is 10.4. The molecule has 0 aromatic carbocycles. The van der Waals surface area contributed by atoms with Crippen molar-refractivity contribution >= 4 is 16.0 Å². The van der Waals surface area contributed by atoms with E-state index in [1.165, 1.54) is 0 Å². The first-order valence-electron chi connectivity index (χ1n) is 10.2. The zero-order chi connectivity index (χ0) is 20.9. The summed E-state index contributed by atoms with van der Waals surface area (Å²) in [7, 11) is -8.58. The fourth-order valence-corrected chi connectivity index (χ4v) is 5.29. The number of hydrogen-bond acceptors (Lipinski definition) is 7. The molecular weight excluding hydrogens is 410 g/mol. The van der Waals surface area contributed by atoms with Gasteiger partial charge in [0.1, 0.15) is 5.60 Å². The van der Waals surface area contributed by atoms with E-state index < -0.39 is 27.2 Å². The van der Waals surface area contributed by atoms with Gasteiger partial charge in [0.05, 0.1) is 11.7 Å². The lowest BCUT2D eigenvalue weighted by Gasteiger charge is -2.17. The van der Waals surface area contributed by atoms with Gasteiger partial charge in [-0.3, -0.25) is 4.52 Å². The Hall–Kier alpha value is 0.340. The van der Waals surface area contributed by atoms with Gasteiger partial charge < -0.3 is 14.9 Å². The quantitative estimate of drug-likeness (QED) is 0.155. The summed E-state index contributed by atoms with van der Waals surface area (Å²) >= 11 is 0. The number of aliphatic hydroxyl groups is 1. The second kappa shape index (κ2) is 10.1. The average Bonchev–Trinajstić information content (AvgIpc) is 3.43. The molecule has 2 aliphatic rings. The molecule has 28 heavy (non-hydrogen) atoms. The van der Waals surface area contributed by atoms with Crippen LogP contribution in [0, 0.1) is 0 Å². The van der Waals surface area contributed by atoms with Crippen LogP contribution in [0.3, 0.4) is 0 Å². The Kier molecular flexibility index (Phi) is 8.88. The molecule has 2 saturated carbocycles. The molecule has 0 spiro atoms. The second-order valence-electron chi connectivity index (χ2n) is 8.40. The fraction of sp³-hybridized carbons (Fsp3) is 1.00. The van der Waals surface area contributed by atoms with Crippen LogP contribution in [0.2, 0.25) is 0 Å². The van der Waals surface area contributed by atoms with Gasteiger partial charge in [0, 0.05) is 0 Å². The van der Waals surface area contributed by atoms with Gasteiger partial charge in [-0.15, -0.1) is 4.52 Å². The minimum absolute atomic E-state index is 0.349. The minimum Gasteiger partial charge on any atom is -0.393 e. The molecule has 0 aromatic heterocycles. The topological polar surface area (TPSA) is 157 Å². The minimum atomic E-state index is -4.42. The first kappa shape index (κ1) is 24.6. The normalized spacial score (nSPS) is 21.5. The van der Waals surface area contributed by atoms with E-state index in [9.17, 15) is 9.67 Å². The smallest absolute Gasteiger partial charge is 0.393 e. The Morgan fingerprint density at radius 2 is 1.29 bits per heavy atom. The van der Waals surface area contributed by atoms with Gasteiger partial charge in [-0.25, -0.2) is 4.57 Å². The van der Waals surface area contributed by atoms with Crippen molar-refractivity contribution in [1.82, 2.24) is 0 Å². The molecule has 0 amide bonds. The number of unbranched alkanes of at least 4 members (excludes halogenated alkanes) is 4. The lowest BCUT2D eigenvalue weighted by Crippen LogP contribution is -2.14. The highest BCUT2D eigenvalue weighted by Gasteiger charge is 2.55. The molecule has 0 aromatic rings. The van der Waals surface area contributed by atoms with Crippen LogP contribution in [0.15, 0.2) is 0 Å². The monoisotopic (exact) mass is 445 g/mol. The van der Waals surface area contributed by atoms with E-state index in [-0.39, 0.29) is 6.10 Å². The van der Waals surface area contributed by atoms with Gasteiger partial charge in [-0.2, -0.15) is 14.7 Å². The maximum Gasteiger partial charge on any atom is 0.567 e. The molecule has 0 saturated heterocycles. The summed E-state index contributed by atoms with van der Waals surface area (Å²) < 4.78 is 20.8. The first-order chi connectivity index (χ1) is 12.9. The van der Waals surface area contributed by atoms with Crippen molar-refractivity contribution in [1.29, 1.82) is 0 Å². The molecule has 1 unspecified atom stereocenters. The molecule has 0 bridgehead atoms. The number of hydrogen-bond donors (Lipinski definition) is 6. The Labute approximate surface area is 167 Å². The summed E-state index contributed by atoms with van der Waals surface area (Å²) in [5, 5.41) is 10.1. The van der Waals surface area contributed by atoms with Gasteiger partial charge in [-0.05, 0) is 51.4 Å². The maximum absolute atomic E-state index is 10.9. The summed E-state index contributed by atoms with van der Waals surface area (Å²) in [4.78, 5) is 44.8. The zero-order valence-corrected chi connectivity index (χ0v) is 18.1. The SMILES string of the molecule is O=P(O)(O)OC1(CCCCCC(O)CCCCCC2(O[P+](O)(O)O)CC2)CC1. The highest BCUT2D eigenvalue weighted by molar-refractivity contribution is 7.53. The van der Waals surface area contributed by atoms with E-state index in [1.807, 2.05) is 0 Å². The molecule has 11 heteroatoms. The summed E-state index contributed by atoms with van der Waals surface area (Å²) in [5.74, 6) is 0. The largest absolute Gasteiger partial charge is 0.567 e. The molecular formula is C17H35O9P2+. The van der Waals surface area contributed by atoms with Gasteiger partial charge in [0.15, 0.2) is 0 Å². The van der Waals surface area contributed by atoms with E-state index in [4.69, 9.17) is 33.5 Å². The predicted octanol–water partition coefficient (Wildman–Crippen LogP) is 3.09. The van der Waals surface area contributed by atoms with Crippen LogP contribution >= 0.6 is 16.0 Å². The first-order valence-corrected chi connectivity index (χ1v) is 13.2. The Morgan fingerprint density at radius 1 is 0.821 bits per heavy atom. The van der Waals surface area contributed by atoms with Crippen LogP contribution in [0.1, 0.15) is 89.9 Å². The van der Waals surface area contributed by atoms with Crippen molar-refractivity contribution in [3.05, 3.63) is 0 Å². The Bertz CT molecular complexity index is 523. The van der Waals surface area contributed by atoms with E-state index in [1.54, 1.807) is 0 Å². The van der Waals surface area contributed by atoms with E-state index in [2.05, 4.69) is 0 Å². The van der Waals surface area contributed by atoms with E-state index in [0.717, 1.165) is 57.8 Å². The molecule has 9 nitrogen and oxygen atoms in total. The Balaban J connectivity index is 1.43. The second-order valence-corrected chi connectivity index (χ2v) is 10.8. The molecule has 2 aliphatic carbocycles. The number of rotatable bonds is 16. The van der Waals surface area contributed by atoms with Crippen LogP contribution in [0.4, 0.5) is 0 Å². The van der Waals surface area contributed by atoms with Crippen LogP contribution in [-0.4, -0.2) is 46.9 Å². The van der Waals surface area contributed by atoms with Gasteiger partial charge in [0.2, 0.25) is 0 Å². The number of aliphatic hydroxyl groups excluding tert-OH is 1. The molecule has 0 heterocycles. The number of phosphoric acid groups is 1. The fourth-order valence-electron chi connectivity index (χ4n) is 3.72. The predicted molar refractivity (Wildman–Crippen MR) is 104 cm³/mol. The molecule has 0 aliphatic heterocycles. The average molecular weight is 445 g/mol. The van der Waals surface area contributed by atoms with Crippen molar-refractivity contribution in [3.63, 3.8) is 0 Å². The van der Waals surface area contributed by atoms with Crippen molar-refractivity contribution in [3.8, 4) is 0 Å². The molecule has 2 rings (SSSR count). The van der Waals surface area contributed by atoms with Crippen LogP contribution < -0.4 is 0 Å². The lowest BCUT2D eigenvalue weighted by molar-refractivity contribution is 0.0815. The highest BCUT2D eigenvalue weighted by Crippen LogP contribution is 2.59. The highest BCUT2D eigenvalue weighted by atomic mass is 31.2. The van der Waals surface area contributed by atoms with Gasteiger partial charge in [-0.1, -0.05) is 38.5 Å². The standard InChI is InChI=1S/C17H34O9P2/c18-15(7-3-1-5-9-16(11-12-16)25-27(19,20)21)8-4-2-6-10-17(13-14-17)26-28(22,23)24/h15,18-21H,1-14H2,(H-,22,23,24)/p+1. The summed E-state index contributed by atoms with van der Waals surface area (Å²) in [6.45, 7) is 0. The van der Waals surface area contributed by atoms with E-state index >= 15 is 0 Å². The van der Waals surface area contributed by atoms with Gasteiger partial charge in [0.25, 0.3) is 0 Å². The molecule has 1 atom stereocenters. The maximum atomic E-state index is 10.9. The zero-order valence-electron chi connectivity index (χ0n) is 16.3. The summed E-state index contributed by atoms with van der Waals surface area (Å²) in [6.07, 6.45) is 10.5. The van der Waals surface area contributed by atoms with Crippen LogP contribution in [0.5, 0.6) is 0 Å². The van der Waals surface area contributed by atoms with Crippen molar-refractivity contribution in [2.24, 2.45) is 0 Å². The van der Waals surface area contributed by atoms with Crippen LogP contribution in [-0.2, 0) is 13.6 Å². The van der Waals surface area contributed by atoms with Crippen molar-refractivity contribution in [2.45, 2.75) is 107 Å².